The van der Waals surface area contributed by atoms with E-state index in [1.165, 1.54) is 5.56 Å². The second-order valence-corrected chi connectivity index (χ2v) is 4.41. The molecule has 0 amide bonds. The zero-order valence-electron chi connectivity index (χ0n) is 10.2. The summed E-state index contributed by atoms with van der Waals surface area (Å²) >= 11 is 0. The maximum atomic E-state index is 6.05. The van der Waals surface area contributed by atoms with Gasteiger partial charge in [0.05, 0.1) is 5.54 Å². The molecule has 0 heterocycles. The molecule has 15 heavy (non-hydrogen) atoms. The third-order valence-electron chi connectivity index (χ3n) is 3.40. The van der Waals surface area contributed by atoms with Crippen molar-refractivity contribution in [3.05, 3.63) is 35.9 Å². The molecule has 0 saturated heterocycles. The van der Waals surface area contributed by atoms with Gasteiger partial charge in [-0.15, -0.1) is 0 Å². The van der Waals surface area contributed by atoms with E-state index in [1.54, 1.807) is 0 Å². The van der Waals surface area contributed by atoms with Crippen molar-refractivity contribution in [2.24, 2.45) is 11.8 Å². The molecule has 0 saturated carbocycles. The Balaban J connectivity index is 3.22. The van der Waals surface area contributed by atoms with Gasteiger partial charge in [-0.3, -0.25) is 5.84 Å². The van der Waals surface area contributed by atoms with Gasteiger partial charge in [-0.05, 0) is 17.9 Å². The maximum Gasteiger partial charge on any atom is 0.0617 e. The number of hydrogen-bond donors (Lipinski definition) is 1. The Morgan fingerprint density at radius 1 is 1.27 bits per heavy atom. The lowest BCUT2D eigenvalue weighted by molar-refractivity contribution is 0.0614. The minimum atomic E-state index is -0.0543. The molecule has 2 nitrogen and oxygen atoms in total. The predicted molar refractivity (Wildman–Crippen MR) is 65.2 cm³/mol. The fourth-order valence-corrected chi connectivity index (χ4v) is 2.53. The van der Waals surface area contributed by atoms with Crippen LogP contribution in [0.3, 0.4) is 0 Å². The van der Waals surface area contributed by atoms with Gasteiger partial charge in [-0.1, -0.05) is 51.1 Å². The van der Waals surface area contributed by atoms with Crippen molar-refractivity contribution in [1.29, 1.82) is 0 Å². The van der Waals surface area contributed by atoms with E-state index < -0.39 is 0 Å². The van der Waals surface area contributed by atoms with Crippen LogP contribution in [0.5, 0.6) is 0 Å². The smallest absolute Gasteiger partial charge is 0.0617 e. The molecule has 0 radical (unpaired) electrons. The molecule has 0 bridgehead atoms. The first-order valence-electron chi connectivity index (χ1n) is 5.59. The van der Waals surface area contributed by atoms with E-state index in [0.717, 1.165) is 6.42 Å². The lowest BCUT2D eigenvalue weighted by Crippen LogP contribution is -2.51. The van der Waals surface area contributed by atoms with Gasteiger partial charge in [0.15, 0.2) is 0 Å². The van der Waals surface area contributed by atoms with Crippen molar-refractivity contribution in [2.75, 3.05) is 7.05 Å². The van der Waals surface area contributed by atoms with Crippen molar-refractivity contribution >= 4 is 0 Å². The lowest BCUT2D eigenvalue weighted by atomic mass is 9.77. The highest BCUT2D eigenvalue weighted by Crippen LogP contribution is 2.36. The van der Waals surface area contributed by atoms with Crippen molar-refractivity contribution in [2.45, 2.75) is 32.7 Å². The minimum Gasteiger partial charge on any atom is -0.268 e. The molecule has 0 aliphatic rings. The van der Waals surface area contributed by atoms with Crippen LogP contribution in [0.15, 0.2) is 30.3 Å². The average molecular weight is 206 g/mol. The normalized spacial score (nSPS) is 15.7. The fraction of sp³-hybridized carbons (Fsp3) is 0.538. The number of nitrogens with two attached hydrogens (primary N) is 1. The van der Waals surface area contributed by atoms with Crippen molar-refractivity contribution < 1.29 is 0 Å². The Hall–Kier alpha value is -0.860. The number of hydrazine groups is 1. The van der Waals surface area contributed by atoms with Gasteiger partial charge >= 0.3 is 0 Å². The van der Waals surface area contributed by atoms with Crippen LogP contribution in [0.1, 0.15) is 32.8 Å². The minimum absolute atomic E-state index is 0.0543. The molecule has 1 atom stereocenters. The predicted octanol–water partition coefficient (Wildman–Crippen LogP) is 2.75. The number of rotatable bonds is 4. The molecule has 84 valence electrons. The summed E-state index contributed by atoms with van der Waals surface area (Å²) < 4.78 is 0. The highest BCUT2D eigenvalue weighted by molar-refractivity contribution is 5.25. The second-order valence-electron chi connectivity index (χ2n) is 4.41. The SMILES string of the molecule is CCC(c1ccccc1)(C(C)C)N(C)N. The van der Waals surface area contributed by atoms with Crippen LogP contribution >= 0.6 is 0 Å². The summed E-state index contributed by atoms with van der Waals surface area (Å²) in [5, 5.41) is 1.85. The average Bonchev–Trinajstić information content (AvgIpc) is 2.20. The van der Waals surface area contributed by atoms with Gasteiger partial charge in [0.25, 0.3) is 0 Å². The first-order chi connectivity index (χ1) is 7.05. The molecule has 2 heteroatoms. The maximum absolute atomic E-state index is 6.05. The standard InChI is InChI=1S/C13H22N2/c1-5-13(11(2)3,15(4)14)12-9-7-6-8-10-12/h6-11H,5,14H2,1-4H3. The number of benzene rings is 1. The summed E-state index contributed by atoms with van der Waals surface area (Å²) in [5.74, 6) is 6.53. The Labute approximate surface area is 93.1 Å². The fourth-order valence-electron chi connectivity index (χ4n) is 2.53. The van der Waals surface area contributed by atoms with Crippen molar-refractivity contribution in [1.82, 2.24) is 5.01 Å². The molecule has 1 aromatic carbocycles. The third-order valence-corrected chi connectivity index (χ3v) is 3.40. The number of hydrogen-bond acceptors (Lipinski definition) is 2. The quantitative estimate of drug-likeness (QED) is 0.606. The van der Waals surface area contributed by atoms with Crippen LogP contribution in [-0.4, -0.2) is 12.1 Å². The van der Waals surface area contributed by atoms with Crippen LogP contribution in [0.25, 0.3) is 0 Å². The Bertz CT molecular complexity index is 283. The summed E-state index contributed by atoms with van der Waals surface area (Å²) in [4.78, 5) is 0. The van der Waals surface area contributed by atoms with E-state index in [2.05, 4.69) is 45.0 Å². The summed E-state index contributed by atoms with van der Waals surface area (Å²) in [5.41, 5.74) is 1.24. The van der Waals surface area contributed by atoms with Gasteiger partial charge in [0, 0.05) is 7.05 Å². The Morgan fingerprint density at radius 3 is 2.13 bits per heavy atom. The zero-order chi connectivity index (χ0) is 11.5. The summed E-state index contributed by atoms with van der Waals surface area (Å²) in [6.45, 7) is 6.64. The second kappa shape index (κ2) is 4.77. The van der Waals surface area contributed by atoms with E-state index >= 15 is 0 Å². The van der Waals surface area contributed by atoms with E-state index in [9.17, 15) is 0 Å². The summed E-state index contributed by atoms with van der Waals surface area (Å²) in [6, 6.07) is 10.5. The first kappa shape index (κ1) is 12.2. The van der Waals surface area contributed by atoms with Crippen LogP contribution in [0.2, 0.25) is 0 Å². The highest BCUT2D eigenvalue weighted by atomic mass is 15.4. The first-order valence-corrected chi connectivity index (χ1v) is 5.59. The Kier molecular flexibility index (Phi) is 3.89. The van der Waals surface area contributed by atoms with Crippen LogP contribution in [0, 0.1) is 5.92 Å². The zero-order valence-corrected chi connectivity index (χ0v) is 10.2. The topological polar surface area (TPSA) is 29.3 Å². The molecule has 0 spiro atoms. The largest absolute Gasteiger partial charge is 0.268 e. The van der Waals surface area contributed by atoms with E-state index in [0.29, 0.717) is 5.92 Å². The monoisotopic (exact) mass is 206 g/mol. The van der Waals surface area contributed by atoms with Gasteiger partial charge in [-0.25, -0.2) is 5.01 Å². The van der Waals surface area contributed by atoms with E-state index in [4.69, 9.17) is 5.84 Å². The van der Waals surface area contributed by atoms with E-state index in [1.807, 2.05) is 18.1 Å². The van der Waals surface area contributed by atoms with Gasteiger partial charge < -0.3 is 0 Å². The third kappa shape index (κ3) is 2.06. The molecule has 1 unspecified atom stereocenters. The number of nitrogens with zero attached hydrogens (tertiary/aromatic N) is 1. The van der Waals surface area contributed by atoms with Crippen LogP contribution < -0.4 is 5.84 Å². The van der Waals surface area contributed by atoms with Crippen molar-refractivity contribution in [3.63, 3.8) is 0 Å². The molecule has 0 aliphatic heterocycles. The van der Waals surface area contributed by atoms with E-state index in [-0.39, 0.29) is 5.54 Å². The lowest BCUT2D eigenvalue weighted by Gasteiger charge is -2.43. The Morgan fingerprint density at radius 2 is 1.80 bits per heavy atom. The van der Waals surface area contributed by atoms with Crippen molar-refractivity contribution in [3.8, 4) is 0 Å². The summed E-state index contributed by atoms with van der Waals surface area (Å²) in [7, 11) is 1.95. The van der Waals surface area contributed by atoms with Crippen LogP contribution in [0.4, 0.5) is 0 Å². The van der Waals surface area contributed by atoms with Gasteiger partial charge in [-0.2, -0.15) is 0 Å². The highest BCUT2D eigenvalue weighted by Gasteiger charge is 2.36. The molecule has 0 fully saturated rings. The van der Waals surface area contributed by atoms with Gasteiger partial charge in [0.1, 0.15) is 0 Å². The molecule has 0 aromatic heterocycles. The van der Waals surface area contributed by atoms with Gasteiger partial charge in [0.2, 0.25) is 0 Å². The summed E-state index contributed by atoms with van der Waals surface area (Å²) in [6.07, 6.45) is 1.02. The van der Waals surface area contributed by atoms with Crippen LogP contribution in [-0.2, 0) is 5.54 Å². The molecule has 2 N–H and O–H groups in total. The molecular weight excluding hydrogens is 184 g/mol. The molecule has 1 aromatic rings. The molecular formula is C13H22N2. The molecule has 1 rings (SSSR count). The molecule has 0 aliphatic carbocycles.